The normalized spacial score (nSPS) is 19.9. The van der Waals surface area contributed by atoms with Gasteiger partial charge in [-0.3, -0.25) is 0 Å². The van der Waals surface area contributed by atoms with Crippen LogP contribution in [-0.2, 0) is 9.47 Å². The first kappa shape index (κ1) is 13.9. The van der Waals surface area contributed by atoms with Crippen LogP contribution in [0, 0.1) is 0 Å². The molecule has 0 spiro atoms. The number of hydrogen-bond donors (Lipinski definition) is 2. The molecule has 0 heterocycles. The molecule has 1 aliphatic rings. The van der Waals surface area contributed by atoms with Crippen LogP contribution in [0.15, 0.2) is 0 Å². The van der Waals surface area contributed by atoms with Crippen LogP contribution >= 0.6 is 0 Å². The molecule has 0 aliphatic heterocycles. The third kappa shape index (κ3) is 5.80. The first-order chi connectivity index (χ1) is 7.77. The van der Waals surface area contributed by atoms with Crippen LogP contribution in [0.1, 0.15) is 32.1 Å². The van der Waals surface area contributed by atoms with Crippen molar-refractivity contribution in [3.05, 3.63) is 0 Å². The van der Waals surface area contributed by atoms with Gasteiger partial charge in [-0.15, -0.1) is 0 Å². The van der Waals surface area contributed by atoms with E-state index in [1.807, 2.05) is 0 Å². The van der Waals surface area contributed by atoms with Gasteiger partial charge in [0, 0.05) is 20.2 Å². The molecular weight excluding hydrogens is 206 g/mol. The second-order valence-electron chi connectivity index (χ2n) is 4.57. The highest BCUT2D eigenvalue weighted by Gasteiger charge is 2.28. The van der Waals surface area contributed by atoms with Crippen molar-refractivity contribution >= 4 is 0 Å². The Morgan fingerprint density at radius 3 is 2.56 bits per heavy atom. The number of hydrogen-bond acceptors (Lipinski definition) is 4. The number of methoxy groups -OCH3 is 1. The SMILES string of the molecule is COCCOCCNCC1(O)CCCCC1. The minimum Gasteiger partial charge on any atom is -0.389 e. The van der Waals surface area contributed by atoms with Crippen LogP contribution in [0.3, 0.4) is 0 Å². The zero-order valence-corrected chi connectivity index (χ0v) is 10.3. The lowest BCUT2D eigenvalue weighted by atomic mass is 9.85. The van der Waals surface area contributed by atoms with Crippen molar-refractivity contribution < 1.29 is 14.6 Å². The lowest BCUT2D eigenvalue weighted by Crippen LogP contribution is -2.43. The second kappa shape index (κ2) is 8.01. The molecule has 0 amide bonds. The van der Waals surface area contributed by atoms with E-state index >= 15 is 0 Å². The van der Waals surface area contributed by atoms with Gasteiger partial charge in [-0.05, 0) is 12.8 Å². The molecule has 0 atom stereocenters. The maximum atomic E-state index is 10.2. The first-order valence-corrected chi connectivity index (χ1v) is 6.27. The molecule has 0 unspecified atom stereocenters. The van der Waals surface area contributed by atoms with Gasteiger partial charge < -0.3 is 19.9 Å². The van der Waals surface area contributed by atoms with Gasteiger partial charge in [-0.2, -0.15) is 0 Å². The number of ether oxygens (including phenoxy) is 2. The van der Waals surface area contributed by atoms with E-state index in [0.717, 1.165) is 32.2 Å². The van der Waals surface area contributed by atoms with Crippen LogP contribution in [0.25, 0.3) is 0 Å². The summed E-state index contributed by atoms with van der Waals surface area (Å²) in [6, 6.07) is 0. The van der Waals surface area contributed by atoms with E-state index in [9.17, 15) is 5.11 Å². The zero-order valence-electron chi connectivity index (χ0n) is 10.3. The van der Waals surface area contributed by atoms with Crippen molar-refractivity contribution in [3.63, 3.8) is 0 Å². The van der Waals surface area contributed by atoms with Gasteiger partial charge in [0.2, 0.25) is 0 Å². The molecule has 0 aromatic heterocycles. The highest BCUT2D eigenvalue weighted by atomic mass is 16.5. The van der Waals surface area contributed by atoms with E-state index in [2.05, 4.69) is 5.32 Å². The Balaban J connectivity index is 1.93. The predicted molar refractivity (Wildman–Crippen MR) is 63.6 cm³/mol. The third-order valence-corrected chi connectivity index (χ3v) is 3.09. The average Bonchev–Trinajstić information content (AvgIpc) is 2.29. The van der Waals surface area contributed by atoms with Crippen LogP contribution in [-0.4, -0.2) is 50.7 Å². The molecule has 1 rings (SSSR count). The molecule has 4 nitrogen and oxygen atoms in total. The van der Waals surface area contributed by atoms with Crippen molar-refractivity contribution in [2.75, 3.05) is 40.0 Å². The van der Waals surface area contributed by atoms with E-state index in [1.165, 1.54) is 6.42 Å². The van der Waals surface area contributed by atoms with Crippen molar-refractivity contribution in [1.29, 1.82) is 0 Å². The Hall–Kier alpha value is -0.160. The molecule has 0 saturated heterocycles. The summed E-state index contributed by atoms with van der Waals surface area (Å²) in [5.74, 6) is 0. The number of rotatable bonds is 8. The van der Waals surface area contributed by atoms with Gasteiger partial charge in [0.15, 0.2) is 0 Å². The van der Waals surface area contributed by atoms with Crippen molar-refractivity contribution in [3.8, 4) is 0 Å². The summed E-state index contributed by atoms with van der Waals surface area (Å²) >= 11 is 0. The summed E-state index contributed by atoms with van der Waals surface area (Å²) < 4.78 is 10.2. The van der Waals surface area contributed by atoms with Crippen molar-refractivity contribution in [2.24, 2.45) is 0 Å². The Kier molecular flexibility index (Phi) is 6.96. The lowest BCUT2D eigenvalue weighted by molar-refractivity contribution is 0.00265. The number of aliphatic hydroxyl groups is 1. The lowest BCUT2D eigenvalue weighted by Gasteiger charge is -2.32. The average molecular weight is 231 g/mol. The minimum atomic E-state index is -0.467. The number of nitrogens with one attached hydrogen (secondary N) is 1. The standard InChI is InChI=1S/C12H25NO3/c1-15-9-10-16-8-7-13-11-12(14)5-3-2-4-6-12/h13-14H,2-11H2,1H3. The summed E-state index contributed by atoms with van der Waals surface area (Å²) in [7, 11) is 1.67. The summed E-state index contributed by atoms with van der Waals surface area (Å²) in [4.78, 5) is 0. The van der Waals surface area contributed by atoms with E-state index in [-0.39, 0.29) is 0 Å². The molecule has 4 heteroatoms. The molecule has 0 aromatic carbocycles. The molecule has 2 N–H and O–H groups in total. The van der Waals surface area contributed by atoms with Crippen molar-refractivity contribution in [1.82, 2.24) is 5.32 Å². The first-order valence-electron chi connectivity index (χ1n) is 6.27. The summed E-state index contributed by atoms with van der Waals surface area (Å²) in [5, 5.41) is 13.4. The summed E-state index contributed by atoms with van der Waals surface area (Å²) in [5.41, 5.74) is -0.467. The molecule has 0 radical (unpaired) electrons. The van der Waals surface area contributed by atoms with Gasteiger partial charge in [-0.25, -0.2) is 0 Å². The van der Waals surface area contributed by atoms with Crippen LogP contribution < -0.4 is 5.32 Å². The maximum absolute atomic E-state index is 10.2. The van der Waals surface area contributed by atoms with Crippen molar-refractivity contribution in [2.45, 2.75) is 37.7 Å². The molecular formula is C12H25NO3. The van der Waals surface area contributed by atoms with Crippen LogP contribution in [0.5, 0.6) is 0 Å². The monoisotopic (exact) mass is 231 g/mol. The van der Waals surface area contributed by atoms with Crippen LogP contribution in [0.4, 0.5) is 0 Å². The zero-order chi connectivity index (χ0) is 11.7. The second-order valence-corrected chi connectivity index (χ2v) is 4.57. The fourth-order valence-corrected chi connectivity index (χ4v) is 2.10. The Bertz CT molecular complexity index is 170. The molecule has 0 aromatic rings. The van der Waals surface area contributed by atoms with Gasteiger partial charge >= 0.3 is 0 Å². The Morgan fingerprint density at radius 2 is 1.88 bits per heavy atom. The molecule has 1 saturated carbocycles. The highest BCUT2D eigenvalue weighted by molar-refractivity contribution is 4.84. The van der Waals surface area contributed by atoms with E-state index in [4.69, 9.17) is 9.47 Å². The van der Waals surface area contributed by atoms with E-state index in [0.29, 0.717) is 26.4 Å². The summed E-state index contributed by atoms with van der Waals surface area (Å²) in [6.45, 7) is 3.46. The predicted octanol–water partition coefficient (Wildman–Crippen LogP) is 0.934. The van der Waals surface area contributed by atoms with Gasteiger partial charge in [0.25, 0.3) is 0 Å². The molecule has 16 heavy (non-hydrogen) atoms. The molecule has 1 fully saturated rings. The molecule has 96 valence electrons. The topological polar surface area (TPSA) is 50.7 Å². The smallest absolute Gasteiger partial charge is 0.0771 e. The Morgan fingerprint density at radius 1 is 1.12 bits per heavy atom. The molecule has 0 bridgehead atoms. The minimum absolute atomic E-state index is 0.467. The van der Waals surface area contributed by atoms with Gasteiger partial charge in [0.05, 0.1) is 25.4 Å². The maximum Gasteiger partial charge on any atom is 0.0771 e. The fourth-order valence-electron chi connectivity index (χ4n) is 2.10. The molecule has 1 aliphatic carbocycles. The fraction of sp³-hybridized carbons (Fsp3) is 1.00. The van der Waals surface area contributed by atoms with E-state index < -0.39 is 5.60 Å². The third-order valence-electron chi connectivity index (χ3n) is 3.09. The summed E-state index contributed by atoms with van der Waals surface area (Å²) in [6.07, 6.45) is 5.45. The van der Waals surface area contributed by atoms with Gasteiger partial charge in [-0.1, -0.05) is 19.3 Å². The van der Waals surface area contributed by atoms with Gasteiger partial charge in [0.1, 0.15) is 0 Å². The largest absolute Gasteiger partial charge is 0.389 e. The quantitative estimate of drug-likeness (QED) is 0.610. The van der Waals surface area contributed by atoms with Crippen LogP contribution in [0.2, 0.25) is 0 Å². The van der Waals surface area contributed by atoms with E-state index in [1.54, 1.807) is 7.11 Å². The Labute approximate surface area is 98.3 Å². The highest BCUT2D eigenvalue weighted by Crippen LogP contribution is 2.27.